The molecule has 0 unspecified atom stereocenters. The van der Waals surface area contributed by atoms with Crippen LogP contribution in [0.2, 0.25) is 0 Å². The van der Waals surface area contributed by atoms with Gasteiger partial charge in [0.1, 0.15) is 11.2 Å². The van der Waals surface area contributed by atoms with Crippen LogP contribution in [0.15, 0.2) is 88.0 Å². The van der Waals surface area contributed by atoms with Crippen LogP contribution in [0.1, 0.15) is 89.8 Å². The summed E-state index contributed by atoms with van der Waals surface area (Å²) in [5.74, 6) is 15.1. The van der Waals surface area contributed by atoms with Crippen molar-refractivity contribution in [2.45, 2.75) is 93.5 Å². The van der Waals surface area contributed by atoms with Gasteiger partial charge in [-0.2, -0.15) is 0 Å². The fourth-order valence-electron chi connectivity index (χ4n) is 6.66. The molecule has 0 aliphatic carbocycles. The Morgan fingerprint density at radius 2 is 1.10 bits per heavy atom. The summed E-state index contributed by atoms with van der Waals surface area (Å²) in [6.07, 6.45) is 3.26. The van der Waals surface area contributed by atoms with Crippen molar-refractivity contribution in [2.75, 3.05) is 14.2 Å². The Kier molecular flexibility index (Phi) is 10.5. The monoisotopic (exact) mass is 682 g/mol. The molecule has 4 heteroatoms. The molecule has 0 atom stereocenters. The quantitative estimate of drug-likeness (QED) is 0.112. The third-order valence-electron chi connectivity index (χ3n) is 10.3. The van der Waals surface area contributed by atoms with E-state index < -0.39 is 11.2 Å². The van der Waals surface area contributed by atoms with Gasteiger partial charge in [-0.15, -0.1) is 11.3 Å². The number of hydrogen-bond donors (Lipinski definition) is 0. The summed E-state index contributed by atoms with van der Waals surface area (Å²) >= 11 is 3.67. The highest BCUT2D eigenvalue weighted by Gasteiger charge is 2.24. The van der Waals surface area contributed by atoms with Crippen LogP contribution in [0, 0.1) is 23.7 Å². The Balaban J connectivity index is 1.68. The van der Waals surface area contributed by atoms with Crippen LogP contribution in [-0.2, 0) is 9.47 Å². The lowest BCUT2D eigenvalue weighted by atomic mass is 9.88. The number of benzene rings is 5. The lowest BCUT2D eigenvalue weighted by Crippen LogP contribution is -2.27. The molecule has 0 N–H and O–H groups in total. The molecule has 6 rings (SSSR count). The van der Waals surface area contributed by atoms with Crippen molar-refractivity contribution in [3.8, 4) is 23.7 Å². The lowest BCUT2D eigenvalue weighted by molar-refractivity contribution is 0.0344. The van der Waals surface area contributed by atoms with Crippen LogP contribution in [-0.4, -0.2) is 25.4 Å². The van der Waals surface area contributed by atoms with Gasteiger partial charge in [-0.1, -0.05) is 113 Å². The standard InChI is InChI=1S/C45H46O2S2/c1-9-44(10-2,46-7)23-21-36-38-25-32-15-13-14-16-33(32)26-39(38)37(22-24-45(11-3,12-4)47-8)41-29-42-34(27-40(36)41)28-43(49-42)48-35-19-17-31(18-20-35)30(5)6/h13-20,25-30H,9-12H2,1-8H3. The Labute approximate surface area is 300 Å². The van der Waals surface area contributed by atoms with Gasteiger partial charge in [0, 0.05) is 40.3 Å². The summed E-state index contributed by atoms with van der Waals surface area (Å²) < 4.78 is 14.6. The molecule has 0 saturated carbocycles. The van der Waals surface area contributed by atoms with Crippen LogP contribution >= 0.6 is 23.1 Å². The average Bonchev–Trinajstić information content (AvgIpc) is 3.53. The van der Waals surface area contributed by atoms with Crippen molar-refractivity contribution in [3.05, 3.63) is 95.6 Å². The van der Waals surface area contributed by atoms with E-state index in [9.17, 15) is 0 Å². The first kappa shape index (κ1) is 35.1. The summed E-state index contributed by atoms with van der Waals surface area (Å²) in [7, 11) is 3.55. The summed E-state index contributed by atoms with van der Waals surface area (Å²) in [6, 6.07) is 29.2. The molecule has 0 saturated heterocycles. The van der Waals surface area contributed by atoms with E-state index >= 15 is 0 Å². The van der Waals surface area contributed by atoms with Gasteiger partial charge >= 0.3 is 0 Å². The normalized spacial score (nSPS) is 12.1. The fourth-order valence-corrected chi connectivity index (χ4v) is 8.89. The highest BCUT2D eigenvalue weighted by atomic mass is 32.2. The molecular weight excluding hydrogens is 637 g/mol. The maximum absolute atomic E-state index is 6.03. The number of rotatable bonds is 9. The molecule has 1 heterocycles. The predicted octanol–water partition coefficient (Wildman–Crippen LogP) is 12.7. The molecule has 0 aliphatic rings. The predicted molar refractivity (Wildman–Crippen MR) is 213 cm³/mol. The number of ether oxygens (including phenoxy) is 2. The molecule has 250 valence electrons. The minimum absolute atomic E-state index is 0.504. The van der Waals surface area contributed by atoms with Gasteiger partial charge in [-0.05, 0) is 112 Å². The Morgan fingerprint density at radius 1 is 0.633 bits per heavy atom. The SMILES string of the molecule is CCC(C#Cc1c2cc3ccccc3cc2c(C#CC(CC)(CC)OC)c2cc3sc(Sc4ccc(C(C)C)cc4)cc3cc12)(CC)OC. The molecule has 49 heavy (non-hydrogen) atoms. The highest BCUT2D eigenvalue weighted by Crippen LogP contribution is 2.42. The first-order valence-electron chi connectivity index (χ1n) is 17.5. The summed E-state index contributed by atoms with van der Waals surface area (Å²) in [4.78, 5) is 1.25. The van der Waals surface area contributed by atoms with Gasteiger partial charge in [0.15, 0.2) is 0 Å². The largest absolute Gasteiger partial charge is 0.366 e. The zero-order valence-corrected chi connectivity index (χ0v) is 31.7. The van der Waals surface area contributed by atoms with E-state index in [4.69, 9.17) is 9.47 Å². The van der Waals surface area contributed by atoms with Crippen LogP contribution in [0.5, 0.6) is 0 Å². The maximum atomic E-state index is 6.03. The molecule has 0 aliphatic heterocycles. The van der Waals surface area contributed by atoms with Gasteiger partial charge in [0.2, 0.25) is 0 Å². The molecule has 0 bridgehead atoms. The van der Waals surface area contributed by atoms with Gasteiger partial charge in [-0.25, -0.2) is 0 Å². The molecule has 2 nitrogen and oxygen atoms in total. The van der Waals surface area contributed by atoms with E-state index in [0.29, 0.717) is 5.92 Å². The second-order valence-corrected chi connectivity index (χ2v) is 15.6. The number of methoxy groups -OCH3 is 2. The van der Waals surface area contributed by atoms with Gasteiger partial charge < -0.3 is 9.47 Å². The average molecular weight is 683 g/mol. The summed E-state index contributed by atoms with van der Waals surface area (Å²) in [6.45, 7) is 13.1. The number of thiophene rings is 1. The molecule has 5 aromatic carbocycles. The van der Waals surface area contributed by atoms with E-state index in [1.807, 2.05) is 23.1 Å². The van der Waals surface area contributed by atoms with Crippen molar-refractivity contribution in [1.82, 2.24) is 0 Å². The Morgan fingerprint density at radius 3 is 1.55 bits per heavy atom. The van der Waals surface area contributed by atoms with Crippen LogP contribution in [0.25, 0.3) is 42.4 Å². The Bertz CT molecular complexity index is 2110. The zero-order chi connectivity index (χ0) is 34.8. The summed E-state index contributed by atoms with van der Waals surface area (Å²) in [5, 5.41) is 8.08. The van der Waals surface area contributed by atoms with Crippen LogP contribution < -0.4 is 0 Å². The molecule has 0 radical (unpaired) electrons. The van der Waals surface area contributed by atoms with Crippen molar-refractivity contribution < 1.29 is 9.47 Å². The van der Waals surface area contributed by atoms with E-state index in [0.717, 1.165) is 58.4 Å². The number of fused-ring (bicyclic) bond motifs is 4. The topological polar surface area (TPSA) is 18.5 Å². The molecular formula is C45H46O2S2. The van der Waals surface area contributed by atoms with Crippen molar-refractivity contribution >= 4 is 65.5 Å². The minimum Gasteiger partial charge on any atom is -0.366 e. The fraction of sp³-hybridized carbons (Fsp3) is 0.333. The van der Waals surface area contributed by atoms with E-state index in [1.165, 1.54) is 35.5 Å². The smallest absolute Gasteiger partial charge is 0.128 e. The van der Waals surface area contributed by atoms with Crippen molar-refractivity contribution in [1.29, 1.82) is 0 Å². The van der Waals surface area contributed by atoms with Crippen LogP contribution in [0.4, 0.5) is 0 Å². The second-order valence-electron chi connectivity index (χ2n) is 13.1. The van der Waals surface area contributed by atoms with E-state index in [1.54, 1.807) is 14.2 Å². The first-order chi connectivity index (χ1) is 23.7. The molecule has 1 aromatic heterocycles. The first-order valence-corrected chi connectivity index (χ1v) is 19.1. The minimum atomic E-state index is -0.504. The van der Waals surface area contributed by atoms with Gasteiger partial charge in [0.05, 0.1) is 4.21 Å². The highest BCUT2D eigenvalue weighted by molar-refractivity contribution is 8.01. The van der Waals surface area contributed by atoms with E-state index in [-0.39, 0.29) is 0 Å². The lowest BCUT2D eigenvalue weighted by Gasteiger charge is -2.24. The van der Waals surface area contributed by atoms with Gasteiger partial charge in [0.25, 0.3) is 0 Å². The van der Waals surface area contributed by atoms with Crippen molar-refractivity contribution in [2.24, 2.45) is 0 Å². The summed E-state index contributed by atoms with van der Waals surface area (Å²) in [5.41, 5.74) is 2.41. The Hall–Kier alpha value is -3.77. The van der Waals surface area contributed by atoms with E-state index in [2.05, 4.69) is 144 Å². The molecule has 6 aromatic rings. The zero-order valence-electron chi connectivity index (χ0n) is 30.0. The third-order valence-corrected chi connectivity index (χ3v) is 12.5. The van der Waals surface area contributed by atoms with Gasteiger partial charge in [-0.3, -0.25) is 0 Å². The van der Waals surface area contributed by atoms with Crippen molar-refractivity contribution in [3.63, 3.8) is 0 Å². The van der Waals surface area contributed by atoms with Crippen LogP contribution in [0.3, 0.4) is 0 Å². The maximum Gasteiger partial charge on any atom is 0.128 e. The number of hydrogen-bond acceptors (Lipinski definition) is 4. The third kappa shape index (κ3) is 6.86. The molecule has 0 amide bonds. The second kappa shape index (κ2) is 14.6. The molecule has 0 fully saturated rings. The molecule has 0 spiro atoms.